The second-order valence-electron chi connectivity index (χ2n) is 6.85. The molecule has 6 heteroatoms. The Hall–Kier alpha value is -2.60. The minimum absolute atomic E-state index is 0.250. The van der Waals surface area contributed by atoms with Gasteiger partial charge in [-0.05, 0) is 48.2 Å². The predicted octanol–water partition coefficient (Wildman–Crippen LogP) is 4.84. The number of halogens is 1. The van der Waals surface area contributed by atoms with Crippen molar-refractivity contribution in [2.75, 3.05) is 5.32 Å². The number of benzene rings is 2. The van der Waals surface area contributed by atoms with Gasteiger partial charge in [-0.2, -0.15) is 0 Å². The number of carbonyl (C=O) groups excluding carboxylic acids is 2. The number of nitrogens with one attached hydrogen (secondary N) is 3. The molecule has 1 aliphatic rings. The molecule has 0 aromatic heterocycles. The summed E-state index contributed by atoms with van der Waals surface area (Å²) in [5.74, 6) is 0.166. The van der Waals surface area contributed by atoms with E-state index < -0.39 is 6.04 Å². The third-order valence-corrected chi connectivity index (χ3v) is 5.08. The molecule has 3 rings (SSSR count). The van der Waals surface area contributed by atoms with Gasteiger partial charge in [0.25, 0.3) is 5.91 Å². The molecule has 0 saturated heterocycles. The largest absolute Gasteiger partial charge is 0.327 e. The summed E-state index contributed by atoms with van der Waals surface area (Å²) in [5.41, 5.74) is 3.81. The average molecular weight is 428 g/mol. The second-order valence-corrected chi connectivity index (χ2v) is 7.77. The number of rotatable bonds is 4. The van der Waals surface area contributed by atoms with Crippen molar-refractivity contribution in [2.45, 2.75) is 32.7 Å². The number of hydrogen-bond acceptors (Lipinski definition) is 2. The van der Waals surface area contributed by atoms with Gasteiger partial charge in [0.2, 0.25) is 0 Å². The average Bonchev–Trinajstić information content (AvgIpc) is 2.63. The molecule has 1 aliphatic heterocycles. The first kappa shape index (κ1) is 19.2. The first-order valence-corrected chi connectivity index (χ1v) is 9.59. The number of allylic oxidation sites excluding steroid dienone is 1. The molecule has 0 saturated carbocycles. The van der Waals surface area contributed by atoms with E-state index in [0.717, 1.165) is 10.0 Å². The molecule has 0 bridgehead atoms. The SMILES string of the molecule is CC1=C(C(=O)Nc2ccc(Br)cc2)[C@@H](c2ccc(C(C)C)cc2)NC(=O)N1. The van der Waals surface area contributed by atoms with Crippen molar-refractivity contribution >= 4 is 33.6 Å². The Labute approximate surface area is 167 Å². The van der Waals surface area contributed by atoms with E-state index in [2.05, 4.69) is 45.7 Å². The maximum absolute atomic E-state index is 13.0. The molecule has 0 aliphatic carbocycles. The van der Waals surface area contributed by atoms with E-state index in [1.807, 2.05) is 48.5 Å². The molecule has 2 aromatic rings. The quantitative estimate of drug-likeness (QED) is 0.652. The minimum atomic E-state index is -0.504. The van der Waals surface area contributed by atoms with Gasteiger partial charge in [0.15, 0.2) is 0 Å². The molecule has 0 spiro atoms. The van der Waals surface area contributed by atoms with Crippen LogP contribution >= 0.6 is 15.9 Å². The van der Waals surface area contributed by atoms with Gasteiger partial charge in [-0.3, -0.25) is 4.79 Å². The first-order chi connectivity index (χ1) is 12.8. The lowest BCUT2D eigenvalue weighted by molar-refractivity contribution is -0.113. The molecule has 0 radical (unpaired) electrons. The highest BCUT2D eigenvalue weighted by atomic mass is 79.9. The number of amides is 3. The fourth-order valence-corrected chi connectivity index (χ4v) is 3.31. The normalized spacial score (nSPS) is 16.8. The molecule has 3 N–H and O–H groups in total. The van der Waals surface area contributed by atoms with E-state index in [1.165, 1.54) is 5.56 Å². The second kappa shape index (κ2) is 7.96. The topological polar surface area (TPSA) is 70.2 Å². The maximum atomic E-state index is 13.0. The zero-order chi connectivity index (χ0) is 19.6. The molecule has 3 amide bonds. The number of anilines is 1. The van der Waals surface area contributed by atoms with Crippen molar-refractivity contribution in [2.24, 2.45) is 0 Å². The number of hydrogen-bond donors (Lipinski definition) is 3. The van der Waals surface area contributed by atoms with Crippen LogP contribution in [0.1, 0.15) is 43.9 Å². The molecule has 140 valence electrons. The molecule has 0 fully saturated rings. The van der Waals surface area contributed by atoms with Crippen molar-refractivity contribution in [3.05, 3.63) is 75.4 Å². The highest BCUT2D eigenvalue weighted by Gasteiger charge is 2.31. The Balaban J connectivity index is 1.91. The fourth-order valence-electron chi connectivity index (χ4n) is 3.05. The predicted molar refractivity (Wildman–Crippen MR) is 110 cm³/mol. The number of urea groups is 1. The van der Waals surface area contributed by atoms with Crippen LogP contribution in [0.15, 0.2) is 64.3 Å². The van der Waals surface area contributed by atoms with Gasteiger partial charge in [0.05, 0.1) is 11.6 Å². The first-order valence-electron chi connectivity index (χ1n) is 8.80. The Morgan fingerprint density at radius 3 is 2.30 bits per heavy atom. The van der Waals surface area contributed by atoms with Crippen LogP contribution in [0, 0.1) is 0 Å². The third kappa shape index (κ3) is 4.39. The van der Waals surface area contributed by atoms with Gasteiger partial charge >= 0.3 is 6.03 Å². The van der Waals surface area contributed by atoms with Crippen LogP contribution < -0.4 is 16.0 Å². The van der Waals surface area contributed by atoms with Gasteiger partial charge in [0.1, 0.15) is 0 Å². The lowest BCUT2D eigenvalue weighted by Gasteiger charge is -2.29. The standard InChI is InChI=1S/C21H22BrN3O2/c1-12(2)14-4-6-15(7-5-14)19-18(13(3)23-21(27)25-19)20(26)24-17-10-8-16(22)9-11-17/h4-12,19H,1-3H3,(H,24,26)(H2,23,25,27)/t19-/m1/s1. The van der Waals surface area contributed by atoms with Crippen molar-refractivity contribution in [3.63, 3.8) is 0 Å². The summed E-state index contributed by atoms with van der Waals surface area (Å²) in [6.07, 6.45) is 0. The van der Waals surface area contributed by atoms with E-state index in [9.17, 15) is 9.59 Å². The van der Waals surface area contributed by atoms with Crippen LogP contribution in [0.25, 0.3) is 0 Å². The van der Waals surface area contributed by atoms with Crippen LogP contribution in [0.2, 0.25) is 0 Å². The van der Waals surface area contributed by atoms with Gasteiger partial charge in [-0.25, -0.2) is 4.79 Å². The highest BCUT2D eigenvalue weighted by molar-refractivity contribution is 9.10. The van der Waals surface area contributed by atoms with Crippen molar-refractivity contribution < 1.29 is 9.59 Å². The maximum Gasteiger partial charge on any atom is 0.319 e. The summed E-state index contributed by atoms with van der Waals surface area (Å²) in [6.45, 7) is 6.00. The third-order valence-electron chi connectivity index (χ3n) is 4.55. The van der Waals surface area contributed by atoms with E-state index in [1.54, 1.807) is 6.92 Å². The van der Waals surface area contributed by atoms with Gasteiger partial charge in [-0.15, -0.1) is 0 Å². The van der Waals surface area contributed by atoms with Crippen LogP contribution in [0.3, 0.4) is 0 Å². The smallest absolute Gasteiger partial charge is 0.319 e. The number of carbonyl (C=O) groups is 2. The summed E-state index contributed by atoms with van der Waals surface area (Å²) in [7, 11) is 0. The lowest BCUT2D eigenvalue weighted by Crippen LogP contribution is -2.45. The summed E-state index contributed by atoms with van der Waals surface area (Å²) in [5, 5.41) is 8.46. The van der Waals surface area contributed by atoms with Gasteiger partial charge in [-0.1, -0.05) is 54.0 Å². The molecule has 27 heavy (non-hydrogen) atoms. The summed E-state index contributed by atoms with van der Waals surface area (Å²) < 4.78 is 0.936. The monoisotopic (exact) mass is 427 g/mol. The van der Waals surface area contributed by atoms with Crippen LogP contribution in [-0.2, 0) is 4.79 Å². The summed E-state index contributed by atoms with van der Waals surface area (Å²) in [4.78, 5) is 25.0. The highest BCUT2D eigenvalue weighted by Crippen LogP contribution is 2.29. The van der Waals surface area contributed by atoms with Gasteiger partial charge in [0, 0.05) is 15.9 Å². The molecular formula is C21H22BrN3O2. The van der Waals surface area contributed by atoms with E-state index >= 15 is 0 Å². The molecular weight excluding hydrogens is 406 g/mol. The Morgan fingerprint density at radius 1 is 1.07 bits per heavy atom. The Kier molecular flexibility index (Phi) is 5.65. The summed E-state index contributed by atoms with van der Waals surface area (Å²) >= 11 is 3.38. The molecule has 1 heterocycles. The van der Waals surface area contributed by atoms with Gasteiger partial charge < -0.3 is 16.0 Å². The summed E-state index contributed by atoms with van der Waals surface area (Å²) in [6, 6.07) is 14.5. The van der Waals surface area contributed by atoms with E-state index in [4.69, 9.17) is 0 Å². The van der Waals surface area contributed by atoms with Crippen LogP contribution in [-0.4, -0.2) is 11.9 Å². The molecule has 0 unspecified atom stereocenters. The van der Waals surface area contributed by atoms with Crippen molar-refractivity contribution in [3.8, 4) is 0 Å². The molecule has 2 aromatic carbocycles. The zero-order valence-corrected chi connectivity index (χ0v) is 17.1. The van der Waals surface area contributed by atoms with Crippen molar-refractivity contribution in [1.29, 1.82) is 0 Å². The molecule has 5 nitrogen and oxygen atoms in total. The van der Waals surface area contributed by atoms with E-state index in [0.29, 0.717) is 22.9 Å². The van der Waals surface area contributed by atoms with Crippen LogP contribution in [0.5, 0.6) is 0 Å². The zero-order valence-electron chi connectivity index (χ0n) is 15.5. The lowest BCUT2D eigenvalue weighted by atomic mass is 9.92. The van der Waals surface area contributed by atoms with Crippen LogP contribution in [0.4, 0.5) is 10.5 Å². The van der Waals surface area contributed by atoms with E-state index in [-0.39, 0.29) is 11.9 Å². The Morgan fingerprint density at radius 2 is 1.70 bits per heavy atom. The fraction of sp³-hybridized carbons (Fsp3) is 0.238. The minimum Gasteiger partial charge on any atom is -0.327 e. The Bertz CT molecular complexity index is 887. The molecule has 1 atom stereocenters. The van der Waals surface area contributed by atoms with Crippen molar-refractivity contribution in [1.82, 2.24) is 10.6 Å².